The van der Waals surface area contributed by atoms with E-state index in [0.29, 0.717) is 58.3 Å². The first-order valence-corrected chi connectivity index (χ1v) is 10.6. The van der Waals surface area contributed by atoms with Gasteiger partial charge in [-0.05, 0) is 25.5 Å². The summed E-state index contributed by atoms with van der Waals surface area (Å²) < 4.78 is 10.6. The second kappa shape index (κ2) is 10.1. The Labute approximate surface area is 192 Å². The zero-order chi connectivity index (χ0) is 24.1. The van der Waals surface area contributed by atoms with Gasteiger partial charge in [-0.1, -0.05) is 0 Å². The number of hydrogen-bond donors (Lipinski definition) is 4. The van der Waals surface area contributed by atoms with E-state index in [9.17, 15) is 4.79 Å². The molecule has 3 aromatic heterocycles. The Morgan fingerprint density at radius 2 is 1.85 bits per heavy atom. The monoisotopic (exact) mass is 472 g/mol. The molecule has 0 saturated carbocycles. The van der Waals surface area contributed by atoms with Gasteiger partial charge in [-0.3, -0.25) is 9.59 Å². The first-order chi connectivity index (χ1) is 15.8. The van der Waals surface area contributed by atoms with Crippen LogP contribution in [0.5, 0.6) is 11.5 Å². The van der Waals surface area contributed by atoms with Crippen molar-refractivity contribution in [2.45, 2.75) is 20.3 Å². The summed E-state index contributed by atoms with van der Waals surface area (Å²) in [5, 5.41) is 11.4. The highest BCUT2D eigenvalue weighted by Gasteiger charge is 2.13. The lowest BCUT2D eigenvalue weighted by Gasteiger charge is -2.11. The Bertz CT molecular complexity index is 1370. The number of H-pyrrole nitrogens is 1. The molecule has 174 valence electrons. The fourth-order valence-electron chi connectivity index (χ4n) is 3.27. The van der Waals surface area contributed by atoms with Gasteiger partial charge >= 0.3 is 0 Å². The van der Waals surface area contributed by atoms with Crippen LogP contribution in [0.25, 0.3) is 21.1 Å². The molecule has 4 aromatic rings. The van der Waals surface area contributed by atoms with Gasteiger partial charge in [-0.2, -0.15) is 4.98 Å². The summed E-state index contributed by atoms with van der Waals surface area (Å²) in [6, 6.07) is 3.51. The van der Waals surface area contributed by atoms with Crippen LogP contribution in [-0.4, -0.2) is 52.3 Å². The van der Waals surface area contributed by atoms with E-state index in [1.54, 1.807) is 26.4 Å². The molecular weight excluding hydrogens is 448 g/mol. The fraction of sp³-hybridized carbons (Fsp3) is 0.286. The molecule has 33 heavy (non-hydrogen) atoms. The van der Waals surface area contributed by atoms with Crippen LogP contribution >= 0.6 is 11.3 Å². The number of thiophene rings is 1. The first kappa shape index (κ1) is 23.7. The highest BCUT2D eigenvalue weighted by molar-refractivity contribution is 7.18. The number of anilines is 2. The van der Waals surface area contributed by atoms with E-state index in [1.165, 1.54) is 11.3 Å². The number of nitrogens with one attached hydrogen (secondary N) is 2. The third-order valence-electron chi connectivity index (χ3n) is 4.96. The van der Waals surface area contributed by atoms with Crippen molar-refractivity contribution in [2.24, 2.45) is 0 Å². The van der Waals surface area contributed by atoms with Crippen LogP contribution in [0.15, 0.2) is 16.9 Å². The molecule has 0 aliphatic rings. The van der Waals surface area contributed by atoms with Crippen LogP contribution in [0.2, 0.25) is 0 Å². The number of aryl methyl sites for hydroxylation is 2. The Balaban J connectivity index is 0.000000968. The summed E-state index contributed by atoms with van der Waals surface area (Å²) in [6.45, 7) is 4.17. The number of nitrogens with zero attached hydrogens (tertiary/aromatic N) is 3. The number of rotatable bonds is 6. The number of nitrogens with two attached hydrogens (primary N) is 1. The summed E-state index contributed by atoms with van der Waals surface area (Å²) >= 11 is 1.53. The molecule has 0 aliphatic heterocycles. The maximum absolute atomic E-state index is 12.4. The molecule has 12 heteroatoms. The van der Waals surface area contributed by atoms with E-state index in [2.05, 4.69) is 25.3 Å². The van der Waals surface area contributed by atoms with Crippen molar-refractivity contribution in [3.63, 3.8) is 0 Å². The van der Waals surface area contributed by atoms with Crippen molar-refractivity contribution in [3.8, 4) is 11.5 Å². The number of benzene rings is 1. The summed E-state index contributed by atoms with van der Waals surface area (Å²) in [6.07, 6.45) is 0.508. The first-order valence-electron chi connectivity index (χ1n) is 9.82. The van der Waals surface area contributed by atoms with Gasteiger partial charge in [-0.25, -0.2) is 9.97 Å². The van der Waals surface area contributed by atoms with Crippen molar-refractivity contribution in [1.29, 1.82) is 0 Å². The van der Waals surface area contributed by atoms with E-state index in [1.807, 2.05) is 13.8 Å². The van der Waals surface area contributed by atoms with Crippen LogP contribution in [0.3, 0.4) is 0 Å². The number of methoxy groups -OCH3 is 2. The van der Waals surface area contributed by atoms with Gasteiger partial charge in [0.05, 0.1) is 25.1 Å². The van der Waals surface area contributed by atoms with Gasteiger partial charge in [0, 0.05) is 29.3 Å². The maximum Gasteiger partial charge on any atom is 0.290 e. The Kier molecular flexibility index (Phi) is 7.28. The van der Waals surface area contributed by atoms with Crippen LogP contribution in [0.1, 0.15) is 16.3 Å². The Morgan fingerprint density at radius 3 is 2.52 bits per heavy atom. The van der Waals surface area contributed by atoms with E-state index < -0.39 is 0 Å². The Hall–Kier alpha value is -3.93. The van der Waals surface area contributed by atoms with Crippen molar-refractivity contribution >= 4 is 50.7 Å². The van der Waals surface area contributed by atoms with Gasteiger partial charge in [0.1, 0.15) is 16.5 Å². The second-order valence-electron chi connectivity index (χ2n) is 6.92. The summed E-state index contributed by atoms with van der Waals surface area (Å²) in [5.41, 5.74) is 7.63. The van der Waals surface area contributed by atoms with E-state index >= 15 is 0 Å². The topological polar surface area (TPSA) is 165 Å². The maximum atomic E-state index is 12.4. The van der Waals surface area contributed by atoms with E-state index in [0.717, 1.165) is 15.3 Å². The summed E-state index contributed by atoms with van der Waals surface area (Å²) in [7, 11) is 3.12. The van der Waals surface area contributed by atoms with Gasteiger partial charge in [0.25, 0.3) is 12.0 Å². The lowest BCUT2D eigenvalue weighted by Crippen LogP contribution is -2.15. The minimum absolute atomic E-state index is 0.107. The largest absolute Gasteiger partial charge is 0.493 e. The van der Waals surface area contributed by atoms with Gasteiger partial charge < -0.3 is 30.6 Å². The zero-order valence-corrected chi connectivity index (χ0v) is 19.4. The average molecular weight is 473 g/mol. The second-order valence-corrected chi connectivity index (χ2v) is 8.12. The zero-order valence-electron chi connectivity index (χ0n) is 18.6. The molecule has 0 unspecified atom stereocenters. The van der Waals surface area contributed by atoms with Crippen molar-refractivity contribution in [1.82, 2.24) is 19.9 Å². The molecule has 0 saturated heterocycles. The van der Waals surface area contributed by atoms with Gasteiger partial charge in [0.2, 0.25) is 5.95 Å². The lowest BCUT2D eigenvalue weighted by atomic mass is 10.2. The van der Waals surface area contributed by atoms with Crippen molar-refractivity contribution < 1.29 is 19.4 Å². The number of carboxylic acid groups (broad SMARTS) is 1. The highest BCUT2D eigenvalue weighted by atomic mass is 32.1. The third-order valence-corrected chi connectivity index (χ3v) is 6.06. The molecule has 0 radical (unpaired) electrons. The summed E-state index contributed by atoms with van der Waals surface area (Å²) in [4.78, 5) is 38.9. The SMILES string of the molecule is COc1cc2nc(NCCc3nc4sc(C)c(C)c4c(=O)[nH]3)nc(N)c2cc1OC.O=CO. The third kappa shape index (κ3) is 4.95. The minimum atomic E-state index is -0.250. The van der Waals surface area contributed by atoms with Crippen molar-refractivity contribution in [2.75, 3.05) is 31.8 Å². The number of ether oxygens (including phenoxy) is 2. The standard InChI is InChI=1S/C20H22N6O3S.CH2O2/c1-9-10(2)30-19-16(9)18(27)24-15(25-19)5-6-22-20-23-12-8-14(29-4)13(28-3)7-11(12)17(21)26-20;2-1-3/h7-8H,5-6H2,1-4H3,(H,24,25,27)(H3,21,22,23,26);1H,(H,2,3). The lowest BCUT2D eigenvalue weighted by molar-refractivity contribution is -0.122. The normalized spacial score (nSPS) is 10.5. The molecule has 0 atom stereocenters. The molecule has 0 bridgehead atoms. The smallest absolute Gasteiger partial charge is 0.290 e. The van der Waals surface area contributed by atoms with Crippen LogP contribution in [0.4, 0.5) is 11.8 Å². The molecular formula is C21H24N6O5S. The van der Waals surface area contributed by atoms with Gasteiger partial charge in [-0.15, -0.1) is 11.3 Å². The number of aromatic nitrogens is 4. The van der Waals surface area contributed by atoms with Crippen LogP contribution in [0, 0.1) is 13.8 Å². The molecule has 0 amide bonds. The molecule has 4 rings (SSSR count). The number of aromatic amines is 1. The molecule has 1 aromatic carbocycles. The predicted molar refractivity (Wildman–Crippen MR) is 128 cm³/mol. The molecule has 3 heterocycles. The van der Waals surface area contributed by atoms with E-state index in [-0.39, 0.29) is 12.0 Å². The molecule has 0 aliphatic carbocycles. The molecule has 11 nitrogen and oxygen atoms in total. The number of fused-ring (bicyclic) bond motifs is 2. The molecule has 5 N–H and O–H groups in total. The number of hydrogen-bond acceptors (Lipinski definition) is 10. The fourth-order valence-corrected chi connectivity index (χ4v) is 4.32. The number of carbonyl (C=O) groups is 1. The molecule has 0 fully saturated rings. The summed E-state index contributed by atoms with van der Waals surface area (Å²) in [5.74, 6) is 2.46. The number of nitrogen functional groups attached to an aromatic ring is 1. The van der Waals surface area contributed by atoms with E-state index in [4.69, 9.17) is 25.1 Å². The van der Waals surface area contributed by atoms with Crippen molar-refractivity contribution in [3.05, 3.63) is 38.8 Å². The minimum Gasteiger partial charge on any atom is -0.493 e. The van der Waals surface area contributed by atoms with Crippen LogP contribution in [-0.2, 0) is 11.2 Å². The van der Waals surface area contributed by atoms with Gasteiger partial charge in [0.15, 0.2) is 11.5 Å². The molecule has 0 spiro atoms. The average Bonchev–Trinajstić information content (AvgIpc) is 3.07. The van der Waals surface area contributed by atoms with Crippen LogP contribution < -0.4 is 26.1 Å². The highest BCUT2D eigenvalue weighted by Crippen LogP contribution is 2.33. The predicted octanol–water partition coefficient (Wildman–Crippen LogP) is 2.50. The quantitative estimate of drug-likeness (QED) is 0.306. The Morgan fingerprint density at radius 1 is 1.18 bits per heavy atom.